The van der Waals surface area contributed by atoms with Crippen molar-refractivity contribution in [2.24, 2.45) is 0 Å². The number of rotatable bonds is 5. The zero-order valence-corrected chi connectivity index (χ0v) is 12.6. The number of hydrogen-bond acceptors (Lipinski definition) is 7. The molecule has 2 N–H and O–H groups in total. The fourth-order valence-electron chi connectivity index (χ4n) is 2.82. The lowest BCUT2D eigenvalue weighted by atomic mass is 10.3. The van der Waals surface area contributed by atoms with Crippen LogP contribution in [0.25, 0.3) is 0 Å². The summed E-state index contributed by atoms with van der Waals surface area (Å²) in [5.41, 5.74) is 0. The molecule has 0 radical (unpaired) electrons. The van der Waals surface area contributed by atoms with E-state index in [-0.39, 0.29) is 0 Å². The minimum absolute atomic E-state index is 0.499. The summed E-state index contributed by atoms with van der Waals surface area (Å²) in [7, 11) is 0. The molecule has 1 aromatic heterocycles. The second kappa shape index (κ2) is 6.89. The van der Waals surface area contributed by atoms with Crippen molar-refractivity contribution in [3.63, 3.8) is 0 Å². The van der Waals surface area contributed by atoms with Crippen LogP contribution in [-0.2, 0) is 4.74 Å². The van der Waals surface area contributed by atoms with E-state index in [1.165, 1.54) is 25.7 Å². The van der Waals surface area contributed by atoms with Crippen LogP contribution in [-0.4, -0.2) is 53.8 Å². The smallest absolute Gasteiger partial charge is 0.232 e. The van der Waals surface area contributed by atoms with E-state index < -0.39 is 0 Å². The minimum Gasteiger partial charge on any atom is -0.378 e. The number of anilines is 3. The molecule has 0 spiro atoms. The average molecular weight is 292 g/mol. The van der Waals surface area contributed by atoms with Gasteiger partial charge in [-0.3, -0.25) is 0 Å². The standard InChI is InChI=1S/C14H24N6O/c1-2-15-12-17-13(16-11-5-3-4-6-11)19-14(18-12)20-7-9-21-10-8-20/h11H,2-10H2,1H3,(H2,15,16,17,18,19). The van der Waals surface area contributed by atoms with Crippen LogP contribution < -0.4 is 15.5 Å². The normalized spacial score (nSPS) is 19.8. The second-order valence-electron chi connectivity index (χ2n) is 5.54. The summed E-state index contributed by atoms with van der Waals surface area (Å²) in [5, 5.41) is 6.65. The van der Waals surface area contributed by atoms with E-state index >= 15 is 0 Å². The predicted molar refractivity (Wildman–Crippen MR) is 82.9 cm³/mol. The van der Waals surface area contributed by atoms with E-state index in [9.17, 15) is 0 Å². The molecule has 0 aromatic carbocycles. The van der Waals surface area contributed by atoms with Gasteiger partial charge in [0.05, 0.1) is 13.2 Å². The van der Waals surface area contributed by atoms with Crippen LogP contribution in [0, 0.1) is 0 Å². The molecule has 21 heavy (non-hydrogen) atoms. The van der Waals surface area contributed by atoms with Crippen molar-refractivity contribution in [2.45, 2.75) is 38.6 Å². The molecule has 2 aliphatic rings. The Hall–Kier alpha value is -1.63. The molecule has 1 saturated heterocycles. The maximum atomic E-state index is 5.39. The Kier molecular flexibility index (Phi) is 4.69. The first-order valence-corrected chi connectivity index (χ1v) is 7.94. The maximum Gasteiger partial charge on any atom is 0.232 e. The molecule has 2 heterocycles. The lowest BCUT2D eigenvalue weighted by Crippen LogP contribution is -2.37. The van der Waals surface area contributed by atoms with E-state index in [1.54, 1.807) is 0 Å². The maximum absolute atomic E-state index is 5.39. The van der Waals surface area contributed by atoms with Gasteiger partial charge in [0, 0.05) is 25.7 Å². The summed E-state index contributed by atoms with van der Waals surface area (Å²) in [5.74, 6) is 2.08. The molecule has 1 saturated carbocycles. The largest absolute Gasteiger partial charge is 0.378 e. The van der Waals surface area contributed by atoms with Gasteiger partial charge < -0.3 is 20.3 Å². The molecule has 116 valence electrons. The summed E-state index contributed by atoms with van der Waals surface area (Å²) in [6.45, 7) is 5.97. The highest BCUT2D eigenvalue weighted by Gasteiger charge is 2.19. The molecule has 3 rings (SSSR count). The van der Waals surface area contributed by atoms with Crippen molar-refractivity contribution in [1.82, 2.24) is 15.0 Å². The van der Waals surface area contributed by atoms with Crippen molar-refractivity contribution >= 4 is 17.8 Å². The van der Waals surface area contributed by atoms with Crippen molar-refractivity contribution in [2.75, 3.05) is 48.4 Å². The summed E-state index contributed by atoms with van der Waals surface area (Å²) < 4.78 is 5.39. The first-order valence-electron chi connectivity index (χ1n) is 7.94. The zero-order valence-electron chi connectivity index (χ0n) is 12.6. The zero-order chi connectivity index (χ0) is 14.5. The number of hydrogen-bond donors (Lipinski definition) is 2. The molecule has 0 unspecified atom stereocenters. The fraction of sp³-hybridized carbons (Fsp3) is 0.786. The van der Waals surface area contributed by atoms with Gasteiger partial charge in [-0.15, -0.1) is 0 Å². The van der Waals surface area contributed by atoms with E-state index in [0.29, 0.717) is 17.9 Å². The van der Waals surface area contributed by atoms with E-state index in [2.05, 4.69) is 30.5 Å². The number of morpholine rings is 1. The van der Waals surface area contributed by atoms with Crippen LogP contribution in [0.2, 0.25) is 0 Å². The Morgan fingerprint density at radius 3 is 2.52 bits per heavy atom. The van der Waals surface area contributed by atoms with Crippen LogP contribution in [0.4, 0.5) is 17.8 Å². The fourth-order valence-corrected chi connectivity index (χ4v) is 2.82. The minimum atomic E-state index is 0.499. The van der Waals surface area contributed by atoms with E-state index in [0.717, 1.165) is 38.8 Å². The lowest BCUT2D eigenvalue weighted by Gasteiger charge is -2.27. The van der Waals surface area contributed by atoms with Crippen LogP contribution in [0.5, 0.6) is 0 Å². The Labute approximate surface area is 125 Å². The molecule has 1 aliphatic heterocycles. The van der Waals surface area contributed by atoms with Crippen molar-refractivity contribution < 1.29 is 4.74 Å². The van der Waals surface area contributed by atoms with Gasteiger partial charge in [0.15, 0.2) is 0 Å². The molecule has 7 nitrogen and oxygen atoms in total. The molecule has 1 aromatic rings. The number of nitrogens with one attached hydrogen (secondary N) is 2. The number of nitrogens with zero attached hydrogens (tertiary/aromatic N) is 4. The predicted octanol–water partition coefficient (Wildman–Crippen LogP) is 1.49. The topological polar surface area (TPSA) is 75.2 Å². The highest BCUT2D eigenvalue weighted by molar-refractivity contribution is 5.44. The molecule has 1 aliphatic carbocycles. The van der Waals surface area contributed by atoms with Gasteiger partial charge in [0.2, 0.25) is 17.8 Å². The van der Waals surface area contributed by atoms with E-state index in [4.69, 9.17) is 4.74 Å². The Bertz CT molecular complexity index is 457. The molecular formula is C14H24N6O. The molecular weight excluding hydrogens is 268 g/mol. The monoisotopic (exact) mass is 292 g/mol. The van der Waals surface area contributed by atoms with Crippen LogP contribution in [0.15, 0.2) is 0 Å². The average Bonchev–Trinajstić information content (AvgIpc) is 3.01. The molecule has 7 heteroatoms. The molecule has 0 bridgehead atoms. The van der Waals surface area contributed by atoms with Gasteiger partial charge in [-0.05, 0) is 19.8 Å². The Morgan fingerprint density at radius 1 is 1.10 bits per heavy atom. The summed E-state index contributed by atoms with van der Waals surface area (Å²) >= 11 is 0. The van der Waals surface area contributed by atoms with Crippen LogP contribution in [0.3, 0.4) is 0 Å². The quantitative estimate of drug-likeness (QED) is 0.851. The number of aromatic nitrogens is 3. The van der Waals surface area contributed by atoms with Gasteiger partial charge in [0.25, 0.3) is 0 Å². The van der Waals surface area contributed by atoms with Gasteiger partial charge in [-0.2, -0.15) is 15.0 Å². The van der Waals surface area contributed by atoms with Gasteiger partial charge >= 0.3 is 0 Å². The molecule has 0 atom stereocenters. The molecule has 0 amide bonds. The van der Waals surface area contributed by atoms with Crippen molar-refractivity contribution in [1.29, 1.82) is 0 Å². The first kappa shape index (κ1) is 14.3. The van der Waals surface area contributed by atoms with Crippen molar-refractivity contribution in [3.05, 3.63) is 0 Å². The second-order valence-corrected chi connectivity index (χ2v) is 5.54. The summed E-state index contributed by atoms with van der Waals surface area (Å²) in [6, 6.07) is 0.499. The number of ether oxygens (including phenoxy) is 1. The summed E-state index contributed by atoms with van der Waals surface area (Å²) in [6.07, 6.45) is 4.99. The molecule has 2 fully saturated rings. The van der Waals surface area contributed by atoms with E-state index in [1.807, 2.05) is 6.92 Å². The SMILES string of the molecule is CCNc1nc(NC2CCCC2)nc(N2CCOCC2)n1. The highest BCUT2D eigenvalue weighted by Crippen LogP contribution is 2.22. The lowest BCUT2D eigenvalue weighted by molar-refractivity contribution is 0.122. The Morgan fingerprint density at radius 2 is 1.81 bits per heavy atom. The third kappa shape index (κ3) is 3.72. The van der Waals surface area contributed by atoms with Crippen LogP contribution in [0.1, 0.15) is 32.6 Å². The first-order chi connectivity index (χ1) is 10.3. The van der Waals surface area contributed by atoms with Crippen LogP contribution >= 0.6 is 0 Å². The third-order valence-corrected chi connectivity index (χ3v) is 3.94. The summed E-state index contributed by atoms with van der Waals surface area (Å²) in [4.78, 5) is 15.8. The highest BCUT2D eigenvalue weighted by atomic mass is 16.5. The van der Waals surface area contributed by atoms with Gasteiger partial charge in [-0.1, -0.05) is 12.8 Å². The van der Waals surface area contributed by atoms with Gasteiger partial charge in [-0.25, -0.2) is 0 Å². The van der Waals surface area contributed by atoms with Crippen molar-refractivity contribution in [3.8, 4) is 0 Å². The third-order valence-electron chi connectivity index (χ3n) is 3.94. The Balaban J connectivity index is 1.78. The van der Waals surface area contributed by atoms with Gasteiger partial charge in [0.1, 0.15) is 0 Å².